The normalized spacial score (nSPS) is 39.2. The van der Waals surface area contributed by atoms with E-state index in [-0.39, 0.29) is 0 Å². The van der Waals surface area contributed by atoms with Crippen molar-refractivity contribution in [3.8, 4) is 0 Å². The largest absolute Gasteiger partial charge is 0.381 e. The molecule has 88 valence electrons. The zero-order valence-corrected chi connectivity index (χ0v) is 10.2. The second-order valence-corrected chi connectivity index (χ2v) is 5.54. The van der Waals surface area contributed by atoms with Gasteiger partial charge in [0, 0.05) is 18.7 Å². The van der Waals surface area contributed by atoms with Crippen LogP contribution in [-0.2, 0) is 4.74 Å². The van der Waals surface area contributed by atoms with Crippen LogP contribution in [0, 0.1) is 11.8 Å². The first-order valence-electron chi connectivity index (χ1n) is 6.59. The Morgan fingerprint density at radius 1 is 1.13 bits per heavy atom. The molecular formula is C13H25NO. The Labute approximate surface area is 93.8 Å². The van der Waals surface area contributed by atoms with Crippen LogP contribution in [0.3, 0.4) is 0 Å². The molecule has 0 spiro atoms. The Morgan fingerprint density at radius 2 is 1.87 bits per heavy atom. The molecular weight excluding hydrogens is 186 g/mol. The zero-order chi connectivity index (χ0) is 10.7. The molecule has 1 aliphatic carbocycles. The first-order chi connectivity index (χ1) is 7.25. The van der Waals surface area contributed by atoms with Crippen LogP contribution < -0.4 is 5.32 Å². The van der Waals surface area contributed by atoms with Gasteiger partial charge in [-0.15, -0.1) is 0 Å². The average Bonchev–Trinajstić information content (AvgIpc) is 2.74. The molecule has 1 saturated carbocycles. The Bertz CT molecular complexity index is 181. The van der Waals surface area contributed by atoms with Gasteiger partial charge in [-0.2, -0.15) is 0 Å². The molecule has 2 fully saturated rings. The predicted molar refractivity (Wildman–Crippen MR) is 62.9 cm³/mol. The maximum atomic E-state index is 5.44. The van der Waals surface area contributed by atoms with Crippen molar-refractivity contribution in [1.82, 2.24) is 5.32 Å². The zero-order valence-electron chi connectivity index (χ0n) is 10.2. The van der Waals surface area contributed by atoms with Crippen molar-refractivity contribution in [1.29, 1.82) is 0 Å². The van der Waals surface area contributed by atoms with Gasteiger partial charge in [0.05, 0.1) is 6.61 Å². The van der Waals surface area contributed by atoms with E-state index in [9.17, 15) is 0 Å². The van der Waals surface area contributed by atoms with Crippen molar-refractivity contribution >= 4 is 0 Å². The van der Waals surface area contributed by atoms with Crippen LogP contribution in [0.4, 0.5) is 0 Å². The molecule has 1 saturated heterocycles. The molecule has 2 nitrogen and oxygen atoms in total. The van der Waals surface area contributed by atoms with Crippen LogP contribution in [0.2, 0.25) is 0 Å². The van der Waals surface area contributed by atoms with E-state index >= 15 is 0 Å². The van der Waals surface area contributed by atoms with Crippen molar-refractivity contribution in [2.75, 3.05) is 13.2 Å². The summed E-state index contributed by atoms with van der Waals surface area (Å²) in [4.78, 5) is 0. The van der Waals surface area contributed by atoms with Crippen molar-refractivity contribution < 1.29 is 4.74 Å². The molecule has 0 bridgehead atoms. The Morgan fingerprint density at radius 3 is 2.47 bits per heavy atom. The topological polar surface area (TPSA) is 21.3 Å². The van der Waals surface area contributed by atoms with E-state index in [1.807, 2.05) is 0 Å². The van der Waals surface area contributed by atoms with Gasteiger partial charge in [-0.3, -0.25) is 0 Å². The van der Waals surface area contributed by atoms with Crippen LogP contribution in [0.25, 0.3) is 0 Å². The summed E-state index contributed by atoms with van der Waals surface area (Å²) in [5.74, 6) is 1.71. The van der Waals surface area contributed by atoms with Crippen LogP contribution >= 0.6 is 0 Å². The fourth-order valence-electron chi connectivity index (χ4n) is 2.88. The summed E-state index contributed by atoms with van der Waals surface area (Å²) in [6, 6.07) is 1.42. The monoisotopic (exact) mass is 211 g/mol. The second-order valence-electron chi connectivity index (χ2n) is 5.54. The molecule has 2 atom stereocenters. The lowest BCUT2D eigenvalue weighted by Gasteiger charge is -2.31. The first-order valence-corrected chi connectivity index (χ1v) is 6.59. The van der Waals surface area contributed by atoms with Gasteiger partial charge < -0.3 is 10.1 Å². The van der Waals surface area contributed by atoms with Crippen molar-refractivity contribution in [3.63, 3.8) is 0 Å². The van der Waals surface area contributed by atoms with Crippen molar-refractivity contribution in [2.45, 2.75) is 58.0 Å². The van der Waals surface area contributed by atoms with E-state index in [0.29, 0.717) is 6.04 Å². The van der Waals surface area contributed by atoms with E-state index in [0.717, 1.165) is 31.1 Å². The molecule has 1 aliphatic heterocycles. The lowest BCUT2D eigenvalue weighted by Crippen LogP contribution is -2.42. The summed E-state index contributed by atoms with van der Waals surface area (Å²) in [7, 11) is 0. The van der Waals surface area contributed by atoms with E-state index in [1.54, 1.807) is 0 Å². The van der Waals surface area contributed by atoms with Crippen molar-refractivity contribution in [3.05, 3.63) is 0 Å². The van der Waals surface area contributed by atoms with Gasteiger partial charge in [0.2, 0.25) is 0 Å². The lowest BCUT2D eigenvalue weighted by atomic mass is 9.86. The summed E-state index contributed by atoms with van der Waals surface area (Å²) in [6.07, 6.45) is 6.81. The number of nitrogens with one attached hydrogen (secondary N) is 1. The third-order valence-corrected chi connectivity index (χ3v) is 4.19. The van der Waals surface area contributed by atoms with Gasteiger partial charge in [0.25, 0.3) is 0 Å². The molecule has 15 heavy (non-hydrogen) atoms. The predicted octanol–water partition coefficient (Wildman–Crippen LogP) is 2.58. The average molecular weight is 211 g/mol. The molecule has 0 aromatic heterocycles. The van der Waals surface area contributed by atoms with E-state index in [4.69, 9.17) is 4.74 Å². The minimum absolute atomic E-state index is 0.644. The summed E-state index contributed by atoms with van der Waals surface area (Å²) in [5, 5.41) is 3.80. The number of rotatable bonds is 3. The second kappa shape index (κ2) is 5.31. The third-order valence-electron chi connectivity index (χ3n) is 4.19. The molecule has 2 unspecified atom stereocenters. The minimum Gasteiger partial charge on any atom is -0.381 e. The Balaban J connectivity index is 1.71. The quantitative estimate of drug-likeness (QED) is 0.774. The summed E-state index contributed by atoms with van der Waals surface area (Å²) in [6.45, 7) is 6.65. The molecule has 0 amide bonds. The van der Waals surface area contributed by atoms with Gasteiger partial charge >= 0.3 is 0 Å². The summed E-state index contributed by atoms with van der Waals surface area (Å²) in [5.41, 5.74) is 0. The minimum atomic E-state index is 0.644. The van der Waals surface area contributed by atoms with E-state index < -0.39 is 0 Å². The van der Waals surface area contributed by atoms with Crippen LogP contribution in [0.1, 0.15) is 46.0 Å². The number of ether oxygens (including phenoxy) is 1. The van der Waals surface area contributed by atoms with E-state index in [2.05, 4.69) is 19.2 Å². The highest BCUT2D eigenvalue weighted by molar-refractivity contribution is 4.82. The number of hydrogen-bond acceptors (Lipinski definition) is 2. The van der Waals surface area contributed by atoms with Gasteiger partial charge in [-0.05, 0) is 50.9 Å². The van der Waals surface area contributed by atoms with Gasteiger partial charge in [-0.1, -0.05) is 6.92 Å². The first kappa shape index (κ1) is 11.4. The molecule has 0 radical (unpaired) electrons. The van der Waals surface area contributed by atoms with Crippen LogP contribution in [-0.4, -0.2) is 25.3 Å². The van der Waals surface area contributed by atoms with Crippen LogP contribution in [0.15, 0.2) is 0 Å². The van der Waals surface area contributed by atoms with Gasteiger partial charge in [-0.25, -0.2) is 0 Å². The maximum Gasteiger partial charge on any atom is 0.0509 e. The number of hydrogen-bond donors (Lipinski definition) is 1. The van der Waals surface area contributed by atoms with Crippen molar-refractivity contribution in [2.24, 2.45) is 11.8 Å². The van der Waals surface area contributed by atoms with E-state index in [1.165, 1.54) is 32.1 Å². The lowest BCUT2D eigenvalue weighted by molar-refractivity contribution is 0.173. The van der Waals surface area contributed by atoms with Crippen LogP contribution in [0.5, 0.6) is 0 Å². The molecule has 1 heterocycles. The highest BCUT2D eigenvalue weighted by atomic mass is 16.5. The smallest absolute Gasteiger partial charge is 0.0509 e. The summed E-state index contributed by atoms with van der Waals surface area (Å²) < 4.78 is 5.44. The Kier molecular flexibility index (Phi) is 4.04. The third kappa shape index (κ3) is 3.18. The molecule has 0 aromatic rings. The Hall–Kier alpha value is -0.0800. The molecule has 2 aliphatic rings. The fourth-order valence-corrected chi connectivity index (χ4v) is 2.88. The molecule has 2 rings (SSSR count). The standard InChI is InChI=1S/C13H25NO/c1-10-3-5-13(6-4-10)14-11(2)12-7-8-15-9-12/h10-14H,3-9H2,1-2H3. The maximum absolute atomic E-state index is 5.44. The van der Waals surface area contributed by atoms with Gasteiger partial charge in [0.15, 0.2) is 0 Å². The van der Waals surface area contributed by atoms with Gasteiger partial charge in [0.1, 0.15) is 0 Å². The molecule has 2 heteroatoms. The molecule has 1 N–H and O–H groups in total. The SMILES string of the molecule is CC1CCC(NC(C)C2CCOC2)CC1. The fraction of sp³-hybridized carbons (Fsp3) is 1.00. The highest BCUT2D eigenvalue weighted by Gasteiger charge is 2.25. The molecule has 0 aromatic carbocycles. The highest BCUT2D eigenvalue weighted by Crippen LogP contribution is 2.25. The summed E-state index contributed by atoms with van der Waals surface area (Å²) >= 11 is 0.